The van der Waals surface area contributed by atoms with Crippen molar-refractivity contribution in [1.29, 1.82) is 0 Å². The summed E-state index contributed by atoms with van der Waals surface area (Å²) in [6.07, 6.45) is 3.96. The fourth-order valence-corrected chi connectivity index (χ4v) is 2.72. The van der Waals surface area contributed by atoms with Crippen LogP contribution in [0.2, 0.25) is 0 Å². The van der Waals surface area contributed by atoms with E-state index >= 15 is 0 Å². The molecule has 1 aromatic carbocycles. The average Bonchev–Trinajstić information content (AvgIpc) is 3.13. The summed E-state index contributed by atoms with van der Waals surface area (Å²) in [5.74, 6) is 1.93. The van der Waals surface area contributed by atoms with Crippen molar-refractivity contribution in [3.63, 3.8) is 0 Å². The third kappa shape index (κ3) is 2.67. The van der Waals surface area contributed by atoms with Gasteiger partial charge in [0.1, 0.15) is 5.82 Å². The number of imidazole rings is 1. The molecule has 1 heterocycles. The van der Waals surface area contributed by atoms with Gasteiger partial charge >= 0.3 is 0 Å². The third-order valence-corrected chi connectivity index (χ3v) is 4.18. The molecular weight excluding hydrogens is 246 g/mol. The maximum Gasteiger partial charge on any atom is 0.112 e. The maximum atomic E-state index is 4.69. The van der Waals surface area contributed by atoms with Crippen LogP contribution in [0.15, 0.2) is 18.2 Å². The summed E-state index contributed by atoms with van der Waals surface area (Å²) in [7, 11) is 0. The summed E-state index contributed by atoms with van der Waals surface area (Å²) < 4.78 is 0. The van der Waals surface area contributed by atoms with Crippen molar-refractivity contribution in [3.05, 3.63) is 24.0 Å². The molecule has 1 fully saturated rings. The summed E-state index contributed by atoms with van der Waals surface area (Å²) >= 11 is 0. The van der Waals surface area contributed by atoms with E-state index in [1.54, 1.807) is 0 Å². The Hall–Kier alpha value is -1.51. The first-order chi connectivity index (χ1) is 9.47. The first-order valence-corrected chi connectivity index (χ1v) is 7.74. The van der Waals surface area contributed by atoms with Gasteiger partial charge in [-0.2, -0.15) is 0 Å². The normalized spacial score (nSPS) is 17.4. The van der Waals surface area contributed by atoms with Crippen LogP contribution < -0.4 is 5.32 Å². The van der Waals surface area contributed by atoms with Gasteiger partial charge < -0.3 is 10.3 Å². The van der Waals surface area contributed by atoms with Crippen molar-refractivity contribution in [1.82, 2.24) is 9.97 Å². The van der Waals surface area contributed by atoms with E-state index in [0.717, 1.165) is 22.8 Å². The Balaban J connectivity index is 1.86. The zero-order valence-electron chi connectivity index (χ0n) is 13.0. The van der Waals surface area contributed by atoms with E-state index in [1.165, 1.54) is 24.9 Å². The first-order valence-electron chi connectivity index (χ1n) is 7.74. The number of aromatic nitrogens is 2. The summed E-state index contributed by atoms with van der Waals surface area (Å²) in [6.45, 7) is 8.82. The van der Waals surface area contributed by atoms with Crippen LogP contribution in [0.3, 0.4) is 0 Å². The van der Waals surface area contributed by atoms with E-state index in [-0.39, 0.29) is 5.41 Å². The largest absolute Gasteiger partial charge is 0.382 e. The van der Waals surface area contributed by atoms with Crippen LogP contribution in [0.5, 0.6) is 0 Å². The molecule has 0 radical (unpaired) electrons. The van der Waals surface area contributed by atoms with Crippen LogP contribution in [0, 0.1) is 5.92 Å². The van der Waals surface area contributed by atoms with Gasteiger partial charge in [0.2, 0.25) is 0 Å². The number of rotatable bonds is 4. The molecule has 20 heavy (non-hydrogen) atoms. The number of aromatic amines is 1. The molecule has 0 spiro atoms. The molecular formula is C17H25N3. The Bertz CT molecular complexity index is 602. The van der Waals surface area contributed by atoms with Gasteiger partial charge in [-0.3, -0.25) is 0 Å². The van der Waals surface area contributed by atoms with E-state index in [2.05, 4.69) is 61.2 Å². The predicted octanol–water partition coefficient (Wildman–Crippen LogP) is 4.46. The monoisotopic (exact) mass is 271 g/mol. The molecule has 2 aromatic rings. The first kappa shape index (κ1) is 13.5. The van der Waals surface area contributed by atoms with E-state index < -0.39 is 0 Å². The Morgan fingerprint density at radius 2 is 2.10 bits per heavy atom. The number of H-pyrrole nitrogens is 1. The highest BCUT2D eigenvalue weighted by Gasteiger charge is 2.29. The lowest BCUT2D eigenvalue weighted by Crippen LogP contribution is -2.20. The van der Waals surface area contributed by atoms with Gasteiger partial charge in [-0.1, -0.05) is 27.7 Å². The minimum Gasteiger partial charge on any atom is -0.382 e. The Morgan fingerprint density at radius 1 is 1.35 bits per heavy atom. The number of anilines is 1. The molecule has 0 saturated heterocycles. The van der Waals surface area contributed by atoms with Gasteiger partial charge in [0, 0.05) is 17.1 Å². The summed E-state index contributed by atoms with van der Waals surface area (Å²) in [5.41, 5.74) is 3.46. The quantitative estimate of drug-likeness (QED) is 0.862. The number of benzene rings is 1. The van der Waals surface area contributed by atoms with Crippen LogP contribution in [0.4, 0.5) is 5.69 Å². The molecule has 1 aliphatic carbocycles. The smallest absolute Gasteiger partial charge is 0.112 e. The highest BCUT2D eigenvalue weighted by molar-refractivity contribution is 5.79. The number of nitrogens with one attached hydrogen (secondary N) is 2. The fourth-order valence-electron chi connectivity index (χ4n) is 2.72. The Morgan fingerprint density at radius 3 is 2.70 bits per heavy atom. The van der Waals surface area contributed by atoms with Crippen molar-refractivity contribution in [2.75, 3.05) is 5.32 Å². The Labute approximate surface area is 121 Å². The second kappa shape index (κ2) is 4.80. The minimum atomic E-state index is 0.0621. The van der Waals surface area contributed by atoms with Gasteiger partial charge in [0.05, 0.1) is 11.0 Å². The highest BCUT2D eigenvalue weighted by Crippen LogP contribution is 2.36. The lowest BCUT2D eigenvalue weighted by atomic mass is 9.96. The number of nitrogens with zero attached hydrogens (tertiary/aromatic N) is 1. The van der Waals surface area contributed by atoms with Crippen molar-refractivity contribution >= 4 is 16.7 Å². The molecule has 1 atom stereocenters. The zero-order valence-corrected chi connectivity index (χ0v) is 13.0. The predicted molar refractivity (Wildman–Crippen MR) is 85.2 cm³/mol. The van der Waals surface area contributed by atoms with E-state index in [4.69, 9.17) is 0 Å². The Kier molecular flexibility index (Phi) is 3.23. The molecule has 108 valence electrons. The number of fused-ring (bicyclic) bond motifs is 1. The van der Waals surface area contributed by atoms with Crippen LogP contribution in [-0.4, -0.2) is 16.0 Å². The summed E-state index contributed by atoms with van der Waals surface area (Å²) in [4.78, 5) is 8.15. The second-order valence-electron chi connectivity index (χ2n) is 7.06. The lowest BCUT2D eigenvalue weighted by Gasteiger charge is -2.17. The van der Waals surface area contributed by atoms with Crippen molar-refractivity contribution in [2.45, 2.75) is 58.4 Å². The van der Waals surface area contributed by atoms with Crippen molar-refractivity contribution in [3.8, 4) is 0 Å². The molecule has 3 heteroatoms. The molecule has 3 rings (SSSR count). The SMILES string of the molecule is CCC(Nc1ccc2nc(C(C)(C)C)[nH]c2c1)C1CC1. The van der Waals surface area contributed by atoms with E-state index in [9.17, 15) is 0 Å². The van der Waals surface area contributed by atoms with Gasteiger partial charge in [-0.15, -0.1) is 0 Å². The molecule has 0 bridgehead atoms. The topological polar surface area (TPSA) is 40.7 Å². The molecule has 2 N–H and O–H groups in total. The number of hydrogen-bond donors (Lipinski definition) is 2. The summed E-state index contributed by atoms with van der Waals surface area (Å²) in [6, 6.07) is 7.09. The molecule has 0 aliphatic heterocycles. The molecule has 1 aromatic heterocycles. The van der Waals surface area contributed by atoms with E-state index in [1.807, 2.05) is 0 Å². The van der Waals surface area contributed by atoms with Gasteiger partial charge in [0.15, 0.2) is 0 Å². The van der Waals surface area contributed by atoms with Gasteiger partial charge in [0.25, 0.3) is 0 Å². The fraction of sp³-hybridized carbons (Fsp3) is 0.588. The lowest BCUT2D eigenvalue weighted by molar-refractivity contribution is 0.554. The highest BCUT2D eigenvalue weighted by atomic mass is 15.0. The second-order valence-corrected chi connectivity index (χ2v) is 7.06. The van der Waals surface area contributed by atoms with Crippen LogP contribution in [0.25, 0.3) is 11.0 Å². The van der Waals surface area contributed by atoms with Crippen LogP contribution in [0.1, 0.15) is 52.8 Å². The zero-order chi connectivity index (χ0) is 14.3. The molecule has 0 amide bonds. The molecule has 1 saturated carbocycles. The van der Waals surface area contributed by atoms with Crippen LogP contribution in [-0.2, 0) is 5.41 Å². The van der Waals surface area contributed by atoms with Gasteiger partial charge in [-0.25, -0.2) is 4.98 Å². The van der Waals surface area contributed by atoms with Crippen molar-refractivity contribution in [2.24, 2.45) is 5.92 Å². The molecule has 1 aliphatic rings. The van der Waals surface area contributed by atoms with E-state index in [0.29, 0.717) is 6.04 Å². The number of hydrogen-bond acceptors (Lipinski definition) is 2. The summed E-state index contributed by atoms with van der Waals surface area (Å²) in [5, 5.41) is 3.68. The molecule has 3 nitrogen and oxygen atoms in total. The van der Waals surface area contributed by atoms with Gasteiger partial charge in [-0.05, 0) is 43.4 Å². The standard InChI is InChI=1S/C17H25N3/c1-5-13(11-6-7-11)18-12-8-9-14-15(10-12)20-16(19-14)17(2,3)4/h8-11,13,18H,5-7H2,1-4H3,(H,19,20). The molecule has 1 unspecified atom stereocenters. The maximum absolute atomic E-state index is 4.69. The minimum absolute atomic E-state index is 0.0621. The van der Waals surface area contributed by atoms with Crippen LogP contribution >= 0.6 is 0 Å². The third-order valence-electron chi connectivity index (χ3n) is 4.18. The average molecular weight is 271 g/mol. The van der Waals surface area contributed by atoms with Crippen molar-refractivity contribution < 1.29 is 0 Å².